The largest absolute Gasteiger partial charge is 0.507 e. The lowest BCUT2D eigenvalue weighted by Gasteiger charge is -2.33. The van der Waals surface area contributed by atoms with Gasteiger partial charge in [-0.2, -0.15) is 0 Å². The van der Waals surface area contributed by atoms with Gasteiger partial charge in [0.25, 0.3) is 0 Å². The highest BCUT2D eigenvalue weighted by Crippen LogP contribution is 2.27. The summed E-state index contributed by atoms with van der Waals surface area (Å²) in [4.78, 5) is 46.0. The molecule has 2 N–H and O–H groups in total. The second kappa shape index (κ2) is 14.1. The third-order valence-electron chi connectivity index (χ3n) is 7.18. The number of phenols is 1. The Bertz CT molecular complexity index is 1370. The van der Waals surface area contributed by atoms with Gasteiger partial charge in [0, 0.05) is 37.1 Å². The van der Waals surface area contributed by atoms with E-state index in [1.807, 2.05) is 12.1 Å². The van der Waals surface area contributed by atoms with Gasteiger partial charge in [0.05, 0.1) is 19.8 Å². The molecule has 9 nitrogen and oxygen atoms in total. The van der Waals surface area contributed by atoms with Crippen molar-refractivity contribution >= 4 is 17.6 Å². The molecule has 0 aliphatic heterocycles. The van der Waals surface area contributed by atoms with E-state index in [2.05, 4.69) is 10.3 Å². The number of ketones is 1. The summed E-state index contributed by atoms with van der Waals surface area (Å²) in [5.41, 5.74) is 1.40. The van der Waals surface area contributed by atoms with Crippen molar-refractivity contribution in [1.29, 1.82) is 0 Å². The summed E-state index contributed by atoms with van der Waals surface area (Å²) in [6.45, 7) is 0.0974. The van der Waals surface area contributed by atoms with Gasteiger partial charge in [-0.25, -0.2) is 0 Å². The van der Waals surface area contributed by atoms with Gasteiger partial charge in [0.2, 0.25) is 11.8 Å². The van der Waals surface area contributed by atoms with Crippen molar-refractivity contribution in [2.45, 2.75) is 50.7 Å². The molecular weight excluding hydrogens is 522 g/mol. The molecule has 0 unspecified atom stereocenters. The molecule has 0 spiro atoms. The van der Waals surface area contributed by atoms with Gasteiger partial charge in [-0.3, -0.25) is 19.4 Å². The first-order valence-electron chi connectivity index (χ1n) is 13.6. The summed E-state index contributed by atoms with van der Waals surface area (Å²) in [5, 5.41) is 13.4. The number of benzene rings is 2. The van der Waals surface area contributed by atoms with Crippen LogP contribution in [0.1, 0.15) is 59.6 Å². The molecule has 4 rings (SSSR count). The predicted octanol–water partition coefficient (Wildman–Crippen LogP) is 4.76. The van der Waals surface area contributed by atoms with Crippen molar-refractivity contribution in [3.8, 4) is 17.2 Å². The van der Waals surface area contributed by atoms with Crippen LogP contribution in [0, 0.1) is 0 Å². The van der Waals surface area contributed by atoms with Crippen LogP contribution in [0.5, 0.6) is 17.2 Å². The van der Waals surface area contributed by atoms with Gasteiger partial charge >= 0.3 is 0 Å². The number of allylic oxidation sites excluding steroid dienone is 1. The Balaban J connectivity index is 1.67. The fraction of sp³-hybridized carbons (Fsp3) is 0.312. The van der Waals surface area contributed by atoms with Gasteiger partial charge in [-0.1, -0.05) is 31.4 Å². The molecule has 1 aliphatic carbocycles. The number of hydrogen-bond donors (Lipinski definition) is 2. The van der Waals surface area contributed by atoms with E-state index in [-0.39, 0.29) is 29.8 Å². The zero-order chi connectivity index (χ0) is 29.2. The number of carbonyl (C=O) groups is 3. The lowest BCUT2D eigenvalue weighted by Crippen LogP contribution is -2.46. The van der Waals surface area contributed by atoms with Crippen molar-refractivity contribution in [3.05, 3.63) is 95.8 Å². The fourth-order valence-electron chi connectivity index (χ4n) is 4.95. The van der Waals surface area contributed by atoms with Crippen molar-refractivity contribution in [2.24, 2.45) is 0 Å². The third-order valence-corrected chi connectivity index (χ3v) is 7.18. The molecule has 9 heteroatoms. The molecule has 41 heavy (non-hydrogen) atoms. The van der Waals surface area contributed by atoms with E-state index in [4.69, 9.17) is 9.47 Å². The topological polar surface area (TPSA) is 118 Å². The van der Waals surface area contributed by atoms with Crippen LogP contribution < -0.4 is 14.8 Å². The number of aromatic hydroxyl groups is 1. The van der Waals surface area contributed by atoms with Crippen LogP contribution in [0.2, 0.25) is 0 Å². The minimum atomic E-state index is -0.969. The van der Waals surface area contributed by atoms with Crippen LogP contribution in [0.15, 0.2) is 79.1 Å². The lowest BCUT2D eigenvalue weighted by atomic mass is 9.94. The number of aromatic nitrogens is 1. The Hall–Kier alpha value is -4.66. The van der Waals surface area contributed by atoms with Crippen LogP contribution in [0.25, 0.3) is 0 Å². The summed E-state index contributed by atoms with van der Waals surface area (Å²) in [6, 6.07) is 14.0. The number of hydrogen-bond acceptors (Lipinski definition) is 7. The SMILES string of the molecule is COc1ccc(CN(C(=O)/C=C/C(=O)c2ccc(OC)cc2O)[C@@H](C(=O)NC2CCCCC2)c2ccncc2)cc1. The molecule has 1 atom stereocenters. The molecule has 1 heterocycles. The van der Waals surface area contributed by atoms with Gasteiger partial charge in [0.15, 0.2) is 5.78 Å². The highest BCUT2D eigenvalue weighted by Gasteiger charge is 2.32. The third kappa shape index (κ3) is 7.72. The molecular formula is C32H35N3O6. The van der Waals surface area contributed by atoms with Gasteiger partial charge in [-0.15, -0.1) is 0 Å². The first kappa shape index (κ1) is 29.3. The molecule has 3 aromatic rings. The summed E-state index contributed by atoms with van der Waals surface area (Å²) in [5.74, 6) is -0.593. The monoisotopic (exact) mass is 557 g/mol. The second-order valence-corrected chi connectivity index (χ2v) is 9.92. The predicted molar refractivity (Wildman–Crippen MR) is 154 cm³/mol. The summed E-state index contributed by atoms with van der Waals surface area (Å²) < 4.78 is 10.3. The number of carbonyl (C=O) groups excluding carboxylic acids is 3. The number of nitrogens with zero attached hydrogens (tertiary/aromatic N) is 2. The van der Waals surface area contributed by atoms with E-state index in [0.29, 0.717) is 17.1 Å². The Morgan fingerprint density at radius 3 is 2.24 bits per heavy atom. The quantitative estimate of drug-likeness (QED) is 0.258. The molecule has 0 radical (unpaired) electrons. The van der Waals surface area contributed by atoms with Crippen molar-refractivity contribution in [3.63, 3.8) is 0 Å². The smallest absolute Gasteiger partial charge is 0.247 e. The molecule has 214 valence electrons. The van der Waals surface area contributed by atoms with Crippen LogP contribution in [-0.2, 0) is 16.1 Å². The first-order chi connectivity index (χ1) is 19.9. The number of rotatable bonds is 11. The van der Waals surface area contributed by atoms with Crippen LogP contribution >= 0.6 is 0 Å². The average Bonchev–Trinajstić information content (AvgIpc) is 3.00. The van der Waals surface area contributed by atoms with E-state index >= 15 is 0 Å². The normalized spacial score (nSPS) is 14.3. The summed E-state index contributed by atoms with van der Waals surface area (Å²) >= 11 is 0. The Kier molecular flexibility index (Phi) is 10.1. The molecule has 1 saturated carbocycles. The second-order valence-electron chi connectivity index (χ2n) is 9.92. The Labute approximate surface area is 239 Å². The van der Waals surface area contributed by atoms with E-state index in [9.17, 15) is 19.5 Å². The average molecular weight is 558 g/mol. The van der Waals surface area contributed by atoms with Gasteiger partial charge < -0.3 is 24.8 Å². The summed E-state index contributed by atoms with van der Waals surface area (Å²) in [7, 11) is 3.03. The highest BCUT2D eigenvalue weighted by molar-refractivity contribution is 6.09. The molecule has 1 aromatic heterocycles. The molecule has 0 bridgehead atoms. The maximum absolute atomic E-state index is 13.8. The molecule has 0 saturated heterocycles. The number of amides is 2. The maximum atomic E-state index is 13.8. The number of phenolic OH excluding ortho intramolecular Hbond substituents is 1. The summed E-state index contributed by atoms with van der Waals surface area (Å²) in [6.07, 6.45) is 10.4. The van der Waals surface area contributed by atoms with Crippen molar-refractivity contribution < 1.29 is 29.0 Å². The Morgan fingerprint density at radius 2 is 1.61 bits per heavy atom. The van der Waals surface area contributed by atoms with Crippen LogP contribution in [0.4, 0.5) is 0 Å². The van der Waals surface area contributed by atoms with E-state index < -0.39 is 17.7 Å². The van der Waals surface area contributed by atoms with E-state index in [0.717, 1.165) is 49.8 Å². The minimum Gasteiger partial charge on any atom is -0.507 e. The minimum absolute atomic E-state index is 0.0253. The van der Waals surface area contributed by atoms with E-state index in [1.54, 1.807) is 49.8 Å². The lowest BCUT2D eigenvalue weighted by molar-refractivity contribution is -0.138. The van der Waals surface area contributed by atoms with Crippen molar-refractivity contribution in [1.82, 2.24) is 15.2 Å². The Morgan fingerprint density at radius 1 is 0.951 bits per heavy atom. The number of nitrogens with one attached hydrogen (secondary N) is 1. The molecule has 2 amide bonds. The number of pyridine rings is 1. The molecule has 1 aliphatic rings. The molecule has 2 aromatic carbocycles. The zero-order valence-electron chi connectivity index (χ0n) is 23.3. The van der Waals surface area contributed by atoms with Crippen molar-refractivity contribution in [2.75, 3.05) is 14.2 Å². The van der Waals surface area contributed by atoms with Gasteiger partial charge in [0.1, 0.15) is 23.3 Å². The number of ether oxygens (including phenoxy) is 2. The van der Waals surface area contributed by atoms with Gasteiger partial charge in [-0.05, 0) is 66.4 Å². The van der Waals surface area contributed by atoms with Crippen LogP contribution in [0.3, 0.4) is 0 Å². The standard InChI is InChI=1S/C32H35N3O6/c1-40-25-10-8-22(9-11-25)21-35(30(38)15-14-28(36)27-13-12-26(41-2)20-29(27)37)31(23-16-18-33-19-17-23)32(39)34-24-6-4-3-5-7-24/h8-20,24,31,37H,3-7,21H2,1-2H3,(H,34,39)/b15-14+/t31-/m1/s1. The first-order valence-corrected chi connectivity index (χ1v) is 13.6. The maximum Gasteiger partial charge on any atom is 0.247 e. The fourth-order valence-corrected chi connectivity index (χ4v) is 4.95. The van der Waals surface area contributed by atoms with Crippen LogP contribution in [-0.4, -0.2) is 52.8 Å². The zero-order valence-corrected chi connectivity index (χ0v) is 23.3. The number of methoxy groups -OCH3 is 2. The molecule has 1 fully saturated rings. The van der Waals surface area contributed by atoms with E-state index in [1.165, 1.54) is 24.1 Å². The highest BCUT2D eigenvalue weighted by atomic mass is 16.5.